The summed E-state index contributed by atoms with van der Waals surface area (Å²) in [6, 6.07) is 0.443. The van der Waals surface area contributed by atoms with Crippen LogP contribution in [0, 0.1) is 11.8 Å². The van der Waals surface area contributed by atoms with E-state index in [0.717, 1.165) is 13.0 Å². The maximum atomic E-state index is 13.1. The van der Waals surface area contributed by atoms with E-state index in [4.69, 9.17) is 0 Å². The average molecular weight is 247 g/mol. The number of nitrogens with one attached hydrogen (secondary N) is 1. The molecule has 1 fully saturated rings. The fraction of sp³-hybridized carbons (Fsp3) is 1.00. The van der Waals surface area contributed by atoms with Crippen molar-refractivity contribution in [3.05, 3.63) is 0 Å². The molecule has 0 aliphatic heterocycles. The standard InChI is InChI=1S/C14H27F2N/c1-4-17-13(6-5-11(2)3)12-7-9-14(15,16)10-8-12/h11-13,17H,4-10H2,1-3H3. The van der Waals surface area contributed by atoms with Gasteiger partial charge in [0.15, 0.2) is 0 Å². The Hall–Kier alpha value is -0.180. The Bertz CT molecular complexity index is 206. The van der Waals surface area contributed by atoms with Gasteiger partial charge in [0.05, 0.1) is 0 Å². The van der Waals surface area contributed by atoms with Crippen molar-refractivity contribution < 1.29 is 8.78 Å². The highest BCUT2D eigenvalue weighted by Crippen LogP contribution is 2.38. The third-order valence-electron chi connectivity index (χ3n) is 3.85. The van der Waals surface area contributed by atoms with E-state index in [0.29, 0.717) is 30.7 Å². The van der Waals surface area contributed by atoms with Gasteiger partial charge in [0.2, 0.25) is 5.92 Å². The van der Waals surface area contributed by atoms with Crippen molar-refractivity contribution in [2.24, 2.45) is 11.8 Å². The van der Waals surface area contributed by atoms with Gasteiger partial charge < -0.3 is 5.32 Å². The molecule has 1 unspecified atom stereocenters. The molecule has 0 amide bonds. The lowest BCUT2D eigenvalue weighted by Gasteiger charge is -2.34. The van der Waals surface area contributed by atoms with Crippen molar-refractivity contribution in [2.45, 2.75) is 71.3 Å². The molecule has 3 heteroatoms. The summed E-state index contributed by atoms with van der Waals surface area (Å²) in [7, 11) is 0. The van der Waals surface area contributed by atoms with Gasteiger partial charge in [0, 0.05) is 18.9 Å². The minimum Gasteiger partial charge on any atom is -0.314 e. The zero-order valence-corrected chi connectivity index (χ0v) is 11.4. The van der Waals surface area contributed by atoms with Crippen LogP contribution >= 0.6 is 0 Å². The molecule has 1 aliphatic rings. The lowest BCUT2D eigenvalue weighted by atomic mass is 9.80. The third-order valence-corrected chi connectivity index (χ3v) is 3.85. The van der Waals surface area contributed by atoms with Crippen LogP contribution in [0.5, 0.6) is 0 Å². The van der Waals surface area contributed by atoms with E-state index in [-0.39, 0.29) is 12.8 Å². The summed E-state index contributed by atoms with van der Waals surface area (Å²) in [4.78, 5) is 0. The smallest absolute Gasteiger partial charge is 0.248 e. The summed E-state index contributed by atoms with van der Waals surface area (Å²) >= 11 is 0. The Morgan fingerprint density at radius 2 is 1.76 bits per heavy atom. The molecule has 0 aromatic carbocycles. The minimum absolute atomic E-state index is 0.0846. The Balaban J connectivity index is 2.42. The van der Waals surface area contributed by atoms with Crippen LogP contribution in [-0.2, 0) is 0 Å². The zero-order chi connectivity index (χ0) is 12.9. The molecule has 1 saturated carbocycles. The van der Waals surface area contributed by atoms with Crippen molar-refractivity contribution in [3.8, 4) is 0 Å². The van der Waals surface area contributed by atoms with Crippen molar-refractivity contribution in [3.63, 3.8) is 0 Å². The Kier molecular flexibility index (Phi) is 5.84. The molecule has 1 rings (SSSR count). The van der Waals surface area contributed by atoms with Gasteiger partial charge in [-0.25, -0.2) is 8.78 Å². The summed E-state index contributed by atoms with van der Waals surface area (Å²) in [5.74, 6) is -1.25. The van der Waals surface area contributed by atoms with Crippen molar-refractivity contribution in [1.82, 2.24) is 5.32 Å². The van der Waals surface area contributed by atoms with E-state index in [1.165, 1.54) is 6.42 Å². The van der Waals surface area contributed by atoms with Gasteiger partial charge in [-0.3, -0.25) is 0 Å². The van der Waals surface area contributed by atoms with Crippen LogP contribution in [-0.4, -0.2) is 18.5 Å². The van der Waals surface area contributed by atoms with E-state index in [1.807, 2.05) is 0 Å². The number of rotatable bonds is 6. The first-order chi connectivity index (χ1) is 7.94. The van der Waals surface area contributed by atoms with E-state index in [9.17, 15) is 8.78 Å². The Morgan fingerprint density at radius 3 is 2.24 bits per heavy atom. The molecule has 1 aliphatic carbocycles. The van der Waals surface area contributed by atoms with Crippen LogP contribution < -0.4 is 5.32 Å². The molecular weight excluding hydrogens is 220 g/mol. The summed E-state index contributed by atoms with van der Waals surface area (Å²) in [6.07, 6.45) is 3.85. The van der Waals surface area contributed by atoms with Gasteiger partial charge >= 0.3 is 0 Å². The van der Waals surface area contributed by atoms with E-state index in [1.54, 1.807) is 0 Å². The number of hydrogen-bond acceptors (Lipinski definition) is 1. The van der Waals surface area contributed by atoms with Gasteiger partial charge in [-0.2, -0.15) is 0 Å². The molecule has 0 spiro atoms. The second-order valence-corrected chi connectivity index (χ2v) is 5.83. The van der Waals surface area contributed by atoms with Crippen molar-refractivity contribution in [1.29, 1.82) is 0 Å². The van der Waals surface area contributed by atoms with Gasteiger partial charge in [-0.15, -0.1) is 0 Å². The molecule has 1 atom stereocenters. The normalized spacial score (nSPS) is 22.9. The van der Waals surface area contributed by atoms with E-state index in [2.05, 4.69) is 26.1 Å². The largest absolute Gasteiger partial charge is 0.314 e. The molecule has 0 saturated heterocycles. The first-order valence-corrected chi connectivity index (χ1v) is 7.06. The predicted molar refractivity (Wildman–Crippen MR) is 68.4 cm³/mol. The van der Waals surface area contributed by atoms with Crippen LogP contribution in [0.3, 0.4) is 0 Å². The summed E-state index contributed by atoms with van der Waals surface area (Å²) in [5, 5.41) is 3.49. The summed E-state index contributed by atoms with van der Waals surface area (Å²) in [6.45, 7) is 7.48. The van der Waals surface area contributed by atoms with Gasteiger partial charge in [-0.1, -0.05) is 20.8 Å². The van der Waals surface area contributed by atoms with Crippen LogP contribution in [0.1, 0.15) is 59.3 Å². The molecule has 1 nitrogen and oxygen atoms in total. The van der Waals surface area contributed by atoms with E-state index < -0.39 is 5.92 Å². The Morgan fingerprint density at radius 1 is 1.18 bits per heavy atom. The highest BCUT2D eigenvalue weighted by molar-refractivity contribution is 4.84. The number of alkyl halides is 2. The fourth-order valence-corrected chi connectivity index (χ4v) is 2.74. The highest BCUT2D eigenvalue weighted by atomic mass is 19.3. The van der Waals surface area contributed by atoms with Crippen LogP contribution in [0.25, 0.3) is 0 Å². The molecule has 1 N–H and O–H groups in total. The summed E-state index contributed by atoms with van der Waals surface area (Å²) < 4.78 is 26.2. The van der Waals surface area contributed by atoms with Crippen LogP contribution in [0.4, 0.5) is 8.78 Å². The molecule has 102 valence electrons. The monoisotopic (exact) mass is 247 g/mol. The van der Waals surface area contributed by atoms with Crippen LogP contribution in [0.15, 0.2) is 0 Å². The topological polar surface area (TPSA) is 12.0 Å². The molecule has 0 bridgehead atoms. The zero-order valence-electron chi connectivity index (χ0n) is 11.4. The quantitative estimate of drug-likeness (QED) is 0.740. The van der Waals surface area contributed by atoms with Crippen molar-refractivity contribution in [2.75, 3.05) is 6.54 Å². The lowest BCUT2D eigenvalue weighted by Crippen LogP contribution is -2.40. The maximum Gasteiger partial charge on any atom is 0.248 e. The van der Waals surface area contributed by atoms with Gasteiger partial charge in [0.1, 0.15) is 0 Å². The summed E-state index contributed by atoms with van der Waals surface area (Å²) in [5.41, 5.74) is 0. The highest BCUT2D eigenvalue weighted by Gasteiger charge is 2.37. The first-order valence-electron chi connectivity index (χ1n) is 7.06. The van der Waals surface area contributed by atoms with Gasteiger partial charge in [0.25, 0.3) is 0 Å². The molecule has 0 heterocycles. The molecule has 0 radical (unpaired) electrons. The van der Waals surface area contributed by atoms with E-state index >= 15 is 0 Å². The van der Waals surface area contributed by atoms with Crippen LogP contribution in [0.2, 0.25) is 0 Å². The lowest BCUT2D eigenvalue weighted by molar-refractivity contribution is -0.0499. The molecule has 0 aromatic rings. The molecule has 0 aromatic heterocycles. The average Bonchev–Trinajstić information content (AvgIpc) is 2.24. The molecular formula is C14H27F2N. The number of hydrogen-bond donors (Lipinski definition) is 1. The maximum absolute atomic E-state index is 13.1. The predicted octanol–water partition coefficient (Wildman–Crippen LogP) is 4.23. The number of halogens is 2. The van der Waals surface area contributed by atoms with Gasteiger partial charge in [-0.05, 0) is 44.1 Å². The second kappa shape index (κ2) is 6.67. The second-order valence-electron chi connectivity index (χ2n) is 5.83. The third kappa shape index (κ3) is 5.33. The fourth-order valence-electron chi connectivity index (χ4n) is 2.74. The SMILES string of the molecule is CCNC(CCC(C)C)C1CCC(F)(F)CC1. The minimum atomic E-state index is -2.40. The van der Waals surface area contributed by atoms with Crippen molar-refractivity contribution >= 4 is 0 Å². The first kappa shape index (κ1) is 14.9. The Labute approximate surface area is 104 Å². The molecule has 17 heavy (non-hydrogen) atoms.